The molecule has 0 saturated carbocycles. The van der Waals surface area contributed by atoms with Crippen molar-refractivity contribution in [3.63, 3.8) is 0 Å². The molecule has 0 spiro atoms. The summed E-state index contributed by atoms with van der Waals surface area (Å²) >= 11 is 0. The highest BCUT2D eigenvalue weighted by molar-refractivity contribution is 5.82. The van der Waals surface area contributed by atoms with Crippen molar-refractivity contribution in [2.75, 3.05) is 13.6 Å². The average Bonchev–Trinajstić information content (AvgIpc) is 2.21. The molecule has 4 N–H and O–H groups in total. The summed E-state index contributed by atoms with van der Waals surface area (Å²) in [6.45, 7) is 1.70. The van der Waals surface area contributed by atoms with Gasteiger partial charge in [-0.3, -0.25) is 4.79 Å². The van der Waals surface area contributed by atoms with Gasteiger partial charge in [0.05, 0.1) is 0 Å². The lowest BCUT2D eigenvalue weighted by Crippen LogP contribution is -2.46. The molecule has 92 valence electrons. The molecule has 0 aliphatic heterocycles. The number of amides is 3. The van der Waals surface area contributed by atoms with Crippen molar-refractivity contribution < 1.29 is 19.5 Å². The predicted molar refractivity (Wildman–Crippen MR) is 56.7 cm³/mol. The first-order valence-corrected chi connectivity index (χ1v) is 4.88. The minimum atomic E-state index is -1.07. The molecule has 0 aromatic rings. The first kappa shape index (κ1) is 14.2. The minimum Gasteiger partial charge on any atom is -0.480 e. The number of hydrogen-bond acceptors (Lipinski definition) is 3. The number of urea groups is 1. The second-order valence-corrected chi connectivity index (χ2v) is 3.43. The Kier molecular flexibility index (Phi) is 5.91. The molecule has 1 atom stereocenters. The van der Waals surface area contributed by atoms with Crippen LogP contribution in [0.15, 0.2) is 0 Å². The van der Waals surface area contributed by atoms with E-state index in [4.69, 9.17) is 10.8 Å². The lowest BCUT2D eigenvalue weighted by Gasteiger charge is -2.21. The Morgan fingerprint density at radius 1 is 1.44 bits per heavy atom. The number of carboxylic acids is 1. The lowest BCUT2D eigenvalue weighted by molar-refractivity contribution is -0.141. The van der Waals surface area contributed by atoms with Gasteiger partial charge < -0.3 is 21.1 Å². The van der Waals surface area contributed by atoms with Crippen LogP contribution in [0.4, 0.5) is 4.79 Å². The molecule has 0 saturated heterocycles. The zero-order valence-corrected chi connectivity index (χ0v) is 9.40. The summed E-state index contributed by atoms with van der Waals surface area (Å²) < 4.78 is 0. The molecule has 0 aromatic carbocycles. The average molecular weight is 231 g/mol. The molecule has 7 heteroatoms. The van der Waals surface area contributed by atoms with Crippen LogP contribution < -0.4 is 11.1 Å². The zero-order chi connectivity index (χ0) is 12.7. The number of aliphatic carboxylic acids is 1. The van der Waals surface area contributed by atoms with Gasteiger partial charge in [-0.25, -0.2) is 9.59 Å². The number of primary amides is 1. The Balaban J connectivity index is 3.88. The molecule has 0 radical (unpaired) electrons. The molecule has 1 unspecified atom stereocenters. The summed E-state index contributed by atoms with van der Waals surface area (Å²) in [6, 6.07) is -1.38. The van der Waals surface area contributed by atoms with Crippen LogP contribution in [0.1, 0.15) is 19.8 Å². The quantitative estimate of drug-likeness (QED) is 0.528. The highest BCUT2D eigenvalue weighted by atomic mass is 16.4. The van der Waals surface area contributed by atoms with E-state index in [1.165, 1.54) is 14.0 Å². The Morgan fingerprint density at radius 2 is 2.00 bits per heavy atom. The molecule has 0 heterocycles. The third kappa shape index (κ3) is 5.18. The van der Waals surface area contributed by atoms with Gasteiger partial charge in [0, 0.05) is 20.0 Å². The fourth-order valence-electron chi connectivity index (χ4n) is 0.924. The third-order valence-corrected chi connectivity index (χ3v) is 2.13. The number of carbonyl (C=O) groups excluding carboxylic acids is 2. The molecule has 0 fully saturated rings. The number of nitrogens with one attached hydrogen (secondary N) is 1. The SMILES string of the molecule is CC(C(=O)O)N(C)C(=O)NCCCC(N)=O. The second-order valence-electron chi connectivity index (χ2n) is 3.43. The summed E-state index contributed by atoms with van der Waals surface area (Å²) in [4.78, 5) is 33.4. The molecular weight excluding hydrogens is 214 g/mol. The van der Waals surface area contributed by atoms with Gasteiger partial charge in [-0.05, 0) is 13.3 Å². The van der Waals surface area contributed by atoms with Crippen LogP contribution in [0.5, 0.6) is 0 Å². The van der Waals surface area contributed by atoms with E-state index in [2.05, 4.69) is 5.32 Å². The first-order chi connectivity index (χ1) is 7.36. The zero-order valence-electron chi connectivity index (χ0n) is 9.40. The van der Waals surface area contributed by atoms with Crippen LogP contribution in [0.3, 0.4) is 0 Å². The molecular formula is C9H17N3O4. The summed E-state index contributed by atoms with van der Waals surface area (Å²) in [6.07, 6.45) is 0.634. The maximum absolute atomic E-state index is 11.4. The molecule has 0 rings (SSSR count). The molecule has 16 heavy (non-hydrogen) atoms. The standard InChI is InChI=1S/C9H17N3O4/c1-6(8(14)15)12(2)9(16)11-5-3-4-7(10)13/h6H,3-5H2,1-2H3,(H2,10,13)(H,11,16)(H,14,15). The van der Waals surface area contributed by atoms with Gasteiger partial charge >= 0.3 is 12.0 Å². The summed E-state index contributed by atoms with van der Waals surface area (Å²) in [5, 5.41) is 11.2. The van der Waals surface area contributed by atoms with E-state index in [0.29, 0.717) is 13.0 Å². The molecule has 0 aliphatic carbocycles. The van der Waals surface area contributed by atoms with Crippen LogP contribution in [0, 0.1) is 0 Å². The maximum atomic E-state index is 11.4. The molecule has 0 aliphatic rings. The van der Waals surface area contributed by atoms with Crippen LogP contribution in [0.2, 0.25) is 0 Å². The van der Waals surface area contributed by atoms with Crippen LogP contribution >= 0.6 is 0 Å². The van der Waals surface area contributed by atoms with E-state index in [-0.39, 0.29) is 6.42 Å². The largest absolute Gasteiger partial charge is 0.480 e. The predicted octanol–water partition coefficient (Wildman–Crippen LogP) is -0.634. The van der Waals surface area contributed by atoms with E-state index < -0.39 is 23.9 Å². The Bertz CT molecular complexity index is 280. The fraction of sp³-hybridized carbons (Fsp3) is 0.667. The van der Waals surface area contributed by atoms with Crippen molar-refractivity contribution in [2.24, 2.45) is 5.73 Å². The van der Waals surface area contributed by atoms with Crippen LogP contribution in [-0.4, -0.2) is 47.5 Å². The normalized spacial score (nSPS) is 11.6. The van der Waals surface area contributed by atoms with E-state index >= 15 is 0 Å². The van der Waals surface area contributed by atoms with Crippen molar-refractivity contribution in [1.29, 1.82) is 0 Å². The van der Waals surface area contributed by atoms with Gasteiger partial charge in [0.25, 0.3) is 0 Å². The van der Waals surface area contributed by atoms with E-state index in [1.807, 2.05) is 0 Å². The number of hydrogen-bond donors (Lipinski definition) is 3. The maximum Gasteiger partial charge on any atom is 0.326 e. The first-order valence-electron chi connectivity index (χ1n) is 4.88. The summed E-state index contributed by atoms with van der Waals surface area (Å²) in [5.74, 6) is -1.50. The number of nitrogens with zero attached hydrogens (tertiary/aromatic N) is 1. The molecule has 0 bridgehead atoms. The van der Waals surface area contributed by atoms with E-state index in [0.717, 1.165) is 4.90 Å². The Labute approximate surface area is 93.6 Å². The number of rotatable bonds is 6. The van der Waals surface area contributed by atoms with Crippen LogP contribution in [0.25, 0.3) is 0 Å². The van der Waals surface area contributed by atoms with Gasteiger partial charge in [-0.2, -0.15) is 0 Å². The number of carbonyl (C=O) groups is 3. The Hall–Kier alpha value is -1.79. The fourth-order valence-corrected chi connectivity index (χ4v) is 0.924. The highest BCUT2D eigenvalue weighted by Gasteiger charge is 2.20. The van der Waals surface area contributed by atoms with Crippen molar-refractivity contribution >= 4 is 17.9 Å². The van der Waals surface area contributed by atoms with E-state index in [9.17, 15) is 14.4 Å². The van der Waals surface area contributed by atoms with Gasteiger partial charge in [0.1, 0.15) is 6.04 Å². The third-order valence-electron chi connectivity index (χ3n) is 2.13. The van der Waals surface area contributed by atoms with Crippen molar-refractivity contribution in [3.8, 4) is 0 Å². The van der Waals surface area contributed by atoms with Gasteiger partial charge in [-0.1, -0.05) is 0 Å². The number of likely N-dealkylation sites (N-methyl/N-ethyl adjacent to an activating group) is 1. The monoisotopic (exact) mass is 231 g/mol. The highest BCUT2D eigenvalue weighted by Crippen LogP contribution is 1.96. The minimum absolute atomic E-state index is 0.193. The molecule has 3 amide bonds. The van der Waals surface area contributed by atoms with E-state index in [1.54, 1.807) is 0 Å². The number of carboxylic acid groups (broad SMARTS) is 1. The molecule has 0 aromatic heterocycles. The van der Waals surface area contributed by atoms with Gasteiger partial charge in [0.15, 0.2) is 0 Å². The second kappa shape index (κ2) is 6.65. The number of nitrogens with two attached hydrogens (primary N) is 1. The van der Waals surface area contributed by atoms with Gasteiger partial charge in [0.2, 0.25) is 5.91 Å². The van der Waals surface area contributed by atoms with Crippen LogP contribution in [-0.2, 0) is 9.59 Å². The smallest absolute Gasteiger partial charge is 0.326 e. The lowest BCUT2D eigenvalue weighted by atomic mass is 10.3. The topological polar surface area (TPSA) is 113 Å². The van der Waals surface area contributed by atoms with Crippen molar-refractivity contribution in [3.05, 3.63) is 0 Å². The Morgan fingerprint density at radius 3 is 2.44 bits per heavy atom. The summed E-state index contributed by atoms with van der Waals surface area (Å²) in [7, 11) is 1.39. The van der Waals surface area contributed by atoms with Gasteiger partial charge in [-0.15, -0.1) is 0 Å². The van der Waals surface area contributed by atoms with Crippen molar-refractivity contribution in [2.45, 2.75) is 25.8 Å². The molecule has 7 nitrogen and oxygen atoms in total. The summed E-state index contributed by atoms with van der Waals surface area (Å²) in [5.41, 5.74) is 4.92. The van der Waals surface area contributed by atoms with Crippen molar-refractivity contribution in [1.82, 2.24) is 10.2 Å².